The monoisotopic (exact) mass is 276 g/mol. The van der Waals surface area contributed by atoms with Gasteiger partial charge in [-0.05, 0) is 25.0 Å². The van der Waals surface area contributed by atoms with E-state index in [9.17, 15) is 4.79 Å². The summed E-state index contributed by atoms with van der Waals surface area (Å²) in [6, 6.07) is 3.61. The zero-order valence-electron chi connectivity index (χ0n) is 11.7. The van der Waals surface area contributed by atoms with Crippen LogP contribution in [0.3, 0.4) is 0 Å². The van der Waals surface area contributed by atoms with Crippen molar-refractivity contribution in [3.05, 3.63) is 30.1 Å². The minimum Gasteiger partial charge on any atom is -0.379 e. The molecule has 1 aromatic rings. The third-order valence-corrected chi connectivity index (χ3v) is 4.38. The molecule has 3 heterocycles. The number of hydrogen-bond acceptors (Lipinski definition) is 4. The lowest BCUT2D eigenvalue weighted by atomic mass is 9.88. The third-order valence-electron chi connectivity index (χ3n) is 4.38. The maximum absolute atomic E-state index is 12.3. The number of nitrogens with zero attached hydrogens (tertiary/aromatic N) is 2. The number of amides is 1. The lowest BCUT2D eigenvalue weighted by molar-refractivity contribution is -0.0402. The van der Waals surface area contributed by atoms with E-state index >= 15 is 0 Å². The molecule has 20 heavy (non-hydrogen) atoms. The maximum Gasteiger partial charge on any atom is 0.255 e. The zero-order valence-corrected chi connectivity index (χ0v) is 11.7. The van der Waals surface area contributed by atoms with Crippen LogP contribution in [0.5, 0.6) is 0 Å². The number of ether oxygens (including phenoxy) is 2. The maximum atomic E-state index is 12.3. The molecule has 2 aliphatic rings. The molecule has 1 spiro atoms. The van der Waals surface area contributed by atoms with Crippen molar-refractivity contribution in [2.75, 3.05) is 26.8 Å². The fourth-order valence-electron chi connectivity index (χ4n) is 3.09. The van der Waals surface area contributed by atoms with Crippen molar-refractivity contribution in [1.29, 1.82) is 0 Å². The average Bonchev–Trinajstić information content (AvgIpc) is 2.91. The minimum atomic E-state index is -0.0770. The second kappa shape index (κ2) is 5.50. The third kappa shape index (κ3) is 2.55. The van der Waals surface area contributed by atoms with Gasteiger partial charge in [0.1, 0.15) is 0 Å². The number of hydrogen-bond donors (Lipinski definition) is 0. The lowest BCUT2D eigenvalue weighted by Gasteiger charge is -2.38. The Balaban J connectivity index is 1.60. The molecule has 108 valence electrons. The van der Waals surface area contributed by atoms with E-state index in [1.165, 1.54) is 0 Å². The van der Waals surface area contributed by atoms with Crippen molar-refractivity contribution in [1.82, 2.24) is 9.88 Å². The number of pyridine rings is 1. The number of piperidine rings is 1. The summed E-state index contributed by atoms with van der Waals surface area (Å²) in [4.78, 5) is 18.2. The topological polar surface area (TPSA) is 51.7 Å². The fourth-order valence-corrected chi connectivity index (χ4v) is 3.09. The van der Waals surface area contributed by atoms with Gasteiger partial charge in [-0.15, -0.1) is 0 Å². The molecule has 0 bridgehead atoms. The van der Waals surface area contributed by atoms with E-state index in [0.29, 0.717) is 12.2 Å². The molecule has 5 heteroatoms. The van der Waals surface area contributed by atoms with Gasteiger partial charge in [0, 0.05) is 39.0 Å². The lowest BCUT2D eigenvalue weighted by Crippen LogP contribution is -2.46. The highest BCUT2D eigenvalue weighted by molar-refractivity contribution is 5.93. The SMILES string of the molecule is COC1COC2(CCN(C(=O)c3cccnc3)CC2)C1. The standard InChI is InChI=1S/C15H20N2O3/c1-19-13-9-15(20-11-13)4-7-17(8-5-15)14(18)12-3-2-6-16-10-12/h2-3,6,10,13H,4-5,7-9,11H2,1H3. The van der Waals surface area contributed by atoms with Gasteiger partial charge < -0.3 is 14.4 Å². The molecule has 2 aliphatic heterocycles. The molecule has 0 aromatic carbocycles. The first-order chi connectivity index (χ1) is 9.72. The summed E-state index contributed by atoms with van der Waals surface area (Å²) in [5.74, 6) is 0.0641. The number of aromatic nitrogens is 1. The average molecular weight is 276 g/mol. The number of rotatable bonds is 2. The number of methoxy groups -OCH3 is 1. The first-order valence-electron chi connectivity index (χ1n) is 7.08. The van der Waals surface area contributed by atoms with Crippen LogP contribution in [-0.2, 0) is 9.47 Å². The Morgan fingerprint density at radius 3 is 2.90 bits per heavy atom. The summed E-state index contributed by atoms with van der Waals surface area (Å²) in [6.07, 6.45) is 6.23. The first kappa shape index (κ1) is 13.5. The second-order valence-corrected chi connectivity index (χ2v) is 5.59. The fraction of sp³-hybridized carbons (Fsp3) is 0.600. The molecule has 3 rings (SSSR count). The van der Waals surface area contributed by atoms with Crippen LogP contribution in [0.4, 0.5) is 0 Å². The van der Waals surface area contributed by atoms with Crippen LogP contribution in [0.25, 0.3) is 0 Å². The molecule has 1 aromatic heterocycles. The van der Waals surface area contributed by atoms with Crippen molar-refractivity contribution in [3.8, 4) is 0 Å². The van der Waals surface area contributed by atoms with Crippen LogP contribution in [-0.4, -0.2) is 54.3 Å². The van der Waals surface area contributed by atoms with Gasteiger partial charge >= 0.3 is 0 Å². The van der Waals surface area contributed by atoms with Crippen LogP contribution in [0.15, 0.2) is 24.5 Å². The molecular weight excluding hydrogens is 256 g/mol. The second-order valence-electron chi connectivity index (χ2n) is 5.59. The number of likely N-dealkylation sites (tertiary alicyclic amines) is 1. The Kier molecular flexibility index (Phi) is 3.72. The molecule has 1 unspecified atom stereocenters. The van der Waals surface area contributed by atoms with E-state index in [1.807, 2.05) is 11.0 Å². The molecule has 0 N–H and O–H groups in total. The summed E-state index contributed by atoms with van der Waals surface area (Å²) < 4.78 is 11.3. The highest BCUT2D eigenvalue weighted by Gasteiger charge is 2.43. The zero-order chi connectivity index (χ0) is 14.0. The summed E-state index contributed by atoms with van der Waals surface area (Å²) >= 11 is 0. The molecule has 0 radical (unpaired) electrons. The van der Waals surface area contributed by atoms with Gasteiger partial charge in [-0.3, -0.25) is 9.78 Å². The highest BCUT2D eigenvalue weighted by atomic mass is 16.6. The van der Waals surface area contributed by atoms with Crippen LogP contribution in [0.1, 0.15) is 29.6 Å². The van der Waals surface area contributed by atoms with Crippen LogP contribution >= 0.6 is 0 Å². The quantitative estimate of drug-likeness (QED) is 0.821. The normalized spacial score (nSPS) is 25.1. The minimum absolute atomic E-state index is 0.0641. The molecule has 1 atom stereocenters. The van der Waals surface area contributed by atoms with E-state index in [0.717, 1.165) is 32.4 Å². The van der Waals surface area contributed by atoms with Crippen molar-refractivity contribution < 1.29 is 14.3 Å². The van der Waals surface area contributed by atoms with E-state index in [4.69, 9.17) is 9.47 Å². The summed E-state index contributed by atoms with van der Waals surface area (Å²) in [7, 11) is 1.73. The molecule has 5 nitrogen and oxygen atoms in total. The molecule has 2 saturated heterocycles. The van der Waals surface area contributed by atoms with Gasteiger partial charge in [-0.25, -0.2) is 0 Å². The van der Waals surface area contributed by atoms with E-state index in [2.05, 4.69) is 4.98 Å². The molecular formula is C15H20N2O3. The first-order valence-corrected chi connectivity index (χ1v) is 7.08. The van der Waals surface area contributed by atoms with Gasteiger partial charge in [-0.1, -0.05) is 0 Å². The van der Waals surface area contributed by atoms with E-state index < -0.39 is 0 Å². The van der Waals surface area contributed by atoms with Crippen molar-refractivity contribution in [3.63, 3.8) is 0 Å². The molecule has 0 aliphatic carbocycles. The van der Waals surface area contributed by atoms with E-state index in [-0.39, 0.29) is 17.6 Å². The predicted molar refractivity (Wildman–Crippen MR) is 73.5 cm³/mol. The molecule has 2 fully saturated rings. The van der Waals surface area contributed by atoms with Crippen LogP contribution in [0.2, 0.25) is 0 Å². The van der Waals surface area contributed by atoms with Gasteiger partial charge in [0.2, 0.25) is 0 Å². The Bertz CT molecular complexity index is 469. The Labute approximate surface area is 118 Å². The Morgan fingerprint density at radius 2 is 2.30 bits per heavy atom. The predicted octanol–water partition coefficient (Wildman–Crippen LogP) is 1.49. The Morgan fingerprint density at radius 1 is 1.50 bits per heavy atom. The van der Waals surface area contributed by atoms with Gasteiger partial charge in [0.05, 0.1) is 23.9 Å². The van der Waals surface area contributed by atoms with Crippen molar-refractivity contribution in [2.24, 2.45) is 0 Å². The Hall–Kier alpha value is -1.46. The van der Waals surface area contributed by atoms with Gasteiger partial charge in [0.15, 0.2) is 0 Å². The van der Waals surface area contributed by atoms with Crippen molar-refractivity contribution >= 4 is 5.91 Å². The molecule has 0 saturated carbocycles. The number of carbonyl (C=O) groups excluding carboxylic acids is 1. The molecule has 1 amide bonds. The van der Waals surface area contributed by atoms with Gasteiger partial charge in [-0.2, -0.15) is 0 Å². The summed E-state index contributed by atoms with van der Waals surface area (Å²) in [5, 5.41) is 0. The van der Waals surface area contributed by atoms with E-state index in [1.54, 1.807) is 25.6 Å². The summed E-state index contributed by atoms with van der Waals surface area (Å²) in [5.41, 5.74) is 0.581. The van der Waals surface area contributed by atoms with Crippen molar-refractivity contribution in [2.45, 2.75) is 31.0 Å². The smallest absolute Gasteiger partial charge is 0.255 e. The summed E-state index contributed by atoms with van der Waals surface area (Å²) in [6.45, 7) is 2.15. The van der Waals surface area contributed by atoms with Crippen LogP contribution in [0, 0.1) is 0 Å². The highest BCUT2D eigenvalue weighted by Crippen LogP contribution is 2.37. The number of carbonyl (C=O) groups is 1. The van der Waals surface area contributed by atoms with Gasteiger partial charge in [0.25, 0.3) is 5.91 Å². The van der Waals surface area contributed by atoms with Crippen LogP contribution < -0.4 is 0 Å². The largest absolute Gasteiger partial charge is 0.379 e.